The maximum atomic E-state index is 12.4. The number of esters is 2. The van der Waals surface area contributed by atoms with Crippen LogP contribution in [0.2, 0.25) is 0 Å². The van der Waals surface area contributed by atoms with E-state index in [0.717, 1.165) is 38.5 Å². The lowest BCUT2D eigenvalue weighted by atomic mass is 10.0. The van der Waals surface area contributed by atoms with Crippen molar-refractivity contribution in [3.05, 3.63) is 0 Å². The van der Waals surface area contributed by atoms with Gasteiger partial charge in [-0.3, -0.25) is 18.6 Å². The quantitative estimate of drug-likeness (QED) is 0.0307. The van der Waals surface area contributed by atoms with E-state index in [1.165, 1.54) is 167 Å². The summed E-state index contributed by atoms with van der Waals surface area (Å²) in [6.07, 6.45) is 40.7. The molecule has 0 spiro atoms. The first-order chi connectivity index (χ1) is 27.8. The van der Waals surface area contributed by atoms with E-state index in [0.29, 0.717) is 12.8 Å². The molecule has 3 unspecified atom stereocenters. The predicted octanol–water partition coefficient (Wildman–Crippen LogP) is 13.0. The van der Waals surface area contributed by atoms with E-state index >= 15 is 0 Å². The zero-order valence-electron chi connectivity index (χ0n) is 37.1. The van der Waals surface area contributed by atoms with Gasteiger partial charge in [0.1, 0.15) is 12.2 Å². The average molecular weight is 835 g/mol. The molecule has 0 saturated carbocycles. The minimum Gasteiger partial charge on any atom is -0.457 e. The number of carbonyl (C=O) groups excluding carboxylic acids is 2. The Hall–Kier alpha value is -1.03. The van der Waals surface area contributed by atoms with Crippen LogP contribution in [0.3, 0.4) is 0 Å². The number of aliphatic hydroxyl groups is 2. The predicted molar refractivity (Wildman–Crippen MR) is 233 cm³/mol. The molecular weight excluding hydrogens is 743 g/mol. The van der Waals surface area contributed by atoms with E-state index in [4.69, 9.17) is 18.5 Å². The molecule has 0 aromatic rings. The molecule has 0 fully saturated rings. The fourth-order valence-corrected chi connectivity index (χ4v) is 7.90. The third-order valence-electron chi connectivity index (χ3n) is 10.8. The van der Waals surface area contributed by atoms with E-state index in [9.17, 15) is 29.3 Å². The smallest absolute Gasteiger partial charge is 0.457 e. The molecule has 0 amide bonds. The van der Waals surface area contributed by atoms with Gasteiger partial charge in [0.2, 0.25) is 0 Å². The maximum Gasteiger partial charge on any atom is 0.472 e. The summed E-state index contributed by atoms with van der Waals surface area (Å²) in [6, 6.07) is 0. The van der Waals surface area contributed by atoms with Crippen LogP contribution in [0, 0.1) is 0 Å². The van der Waals surface area contributed by atoms with Gasteiger partial charge < -0.3 is 24.6 Å². The second-order valence-electron chi connectivity index (χ2n) is 16.5. The molecule has 0 saturated heterocycles. The summed E-state index contributed by atoms with van der Waals surface area (Å²) in [6.45, 7) is 2.27. The fourth-order valence-electron chi connectivity index (χ4n) is 7.12. The van der Waals surface area contributed by atoms with Crippen LogP contribution in [0.5, 0.6) is 0 Å². The molecule has 0 aliphatic heterocycles. The summed E-state index contributed by atoms with van der Waals surface area (Å²) in [5, 5.41) is 19.2. The Labute approximate surface area is 350 Å². The SMILES string of the molecule is CCCCCCCCCCCCCCCCCCCCC(=O)OC(CO)COP(=O)(O)OCC(CO)OC(=O)CCCCCCCCCCCCCCCCCC. The van der Waals surface area contributed by atoms with Crippen molar-refractivity contribution < 1.29 is 47.8 Å². The van der Waals surface area contributed by atoms with Crippen molar-refractivity contribution in [2.24, 2.45) is 0 Å². The van der Waals surface area contributed by atoms with Crippen molar-refractivity contribution in [3.8, 4) is 0 Å². The van der Waals surface area contributed by atoms with Crippen LogP contribution in [0.1, 0.15) is 245 Å². The Kier molecular flexibility index (Phi) is 42.3. The van der Waals surface area contributed by atoms with Gasteiger partial charge in [0.15, 0.2) is 0 Å². The summed E-state index contributed by atoms with van der Waals surface area (Å²) < 4.78 is 32.7. The van der Waals surface area contributed by atoms with E-state index < -0.39 is 58.4 Å². The van der Waals surface area contributed by atoms with Crippen LogP contribution in [-0.2, 0) is 32.7 Å². The summed E-state index contributed by atoms with van der Waals surface area (Å²) in [5.74, 6) is -1.00. The van der Waals surface area contributed by atoms with Crippen molar-refractivity contribution in [1.29, 1.82) is 0 Å². The molecule has 0 radical (unpaired) electrons. The number of carbonyl (C=O) groups is 2. The number of rotatable bonds is 46. The minimum atomic E-state index is -4.63. The second kappa shape index (κ2) is 43.1. The number of aliphatic hydroxyl groups excluding tert-OH is 2. The largest absolute Gasteiger partial charge is 0.472 e. The molecule has 340 valence electrons. The van der Waals surface area contributed by atoms with Crippen molar-refractivity contribution in [3.63, 3.8) is 0 Å². The zero-order valence-corrected chi connectivity index (χ0v) is 38.0. The highest BCUT2D eigenvalue weighted by Crippen LogP contribution is 2.43. The zero-order chi connectivity index (χ0) is 41.9. The van der Waals surface area contributed by atoms with Gasteiger partial charge in [0, 0.05) is 12.8 Å². The Morgan fingerprint density at radius 2 is 0.614 bits per heavy atom. The lowest BCUT2D eigenvalue weighted by Crippen LogP contribution is -2.28. The van der Waals surface area contributed by atoms with Crippen molar-refractivity contribution in [2.45, 2.75) is 257 Å². The Morgan fingerprint density at radius 3 is 0.825 bits per heavy atom. The molecule has 11 heteroatoms. The summed E-state index contributed by atoms with van der Waals surface area (Å²) in [7, 11) is -4.63. The van der Waals surface area contributed by atoms with Gasteiger partial charge in [-0.05, 0) is 12.8 Å². The fraction of sp³-hybridized carbons (Fsp3) is 0.957. The molecule has 0 aliphatic rings. The van der Waals surface area contributed by atoms with Gasteiger partial charge in [0.05, 0.1) is 26.4 Å². The Balaban J connectivity index is 3.83. The molecule has 0 rings (SSSR count). The van der Waals surface area contributed by atoms with Gasteiger partial charge in [-0.25, -0.2) is 4.57 Å². The molecule has 0 heterocycles. The standard InChI is InChI=1S/C46H91O10P/c1-3-5-7-9-11-13-15-17-19-21-22-24-26-28-30-32-34-36-38-46(50)56-44(40-48)42-54-57(51,52)53-41-43(39-47)55-45(49)37-35-33-31-29-27-25-23-20-18-16-14-12-10-8-6-4-2/h43-44,47-48H,3-42H2,1-2H3,(H,51,52). The van der Waals surface area contributed by atoms with Crippen LogP contribution >= 0.6 is 7.82 Å². The maximum absolute atomic E-state index is 12.4. The summed E-state index contributed by atoms with van der Waals surface area (Å²) in [4.78, 5) is 34.6. The molecule has 3 N–H and O–H groups in total. The highest BCUT2D eigenvalue weighted by molar-refractivity contribution is 7.47. The number of phosphoric ester groups is 1. The number of ether oxygens (including phenoxy) is 2. The molecule has 0 aromatic carbocycles. The van der Waals surface area contributed by atoms with E-state index in [-0.39, 0.29) is 12.8 Å². The first-order valence-corrected chi connectivity index (χ1v) is 25.5. The number of phosphoric acid groups is 1. The molecule has 0 aromatic heterocycles. The first-order valence-electron chi connectivity index (χ1n) is 24.0. The van der Waals surface area contributed by atoms with Crippen LogP contribution < -0.4 is 0 Å². The number of hydrogen-bond donors (Lipinski definition) is 3. The minimum absolute atomic E-state index is 0.200. The Bertz CT molecular complexity index is 920. The monoisotopic (exact) mass is 835 g/mol. The Morgan fingerprint density at radius 1 is 0.404 bits per heavy atom. The normalized spacial score (nSPS) is 13.7. The van der Waals surface area contributed by atoms with Gasteiger partial charge in [-0.1, -0.05) is 219 Å². The van der Waals surface area contributed by atoms with Gasteiger partial charge in [-0.15, -0.1) is 0 Å². The van der Waals surface area contributed by atoms with Gasteiger partial charge in [-0.2, -0.15) is 0 Å². The molecular formula is C46H91O10P. The molecule has 3 atom stereocenters. The molecule has 0 bridgehead atoms. The molecule has 10 nitrogen and oxygen atoms in total. The lowest BCUT2D eigenvalue weighted by Gasteiger charge is -2.20. The van der Waals surface area contributed by atoms with Gasteiger partial charge >= 0.3 is 19.8 Å². The van der Waals surface area contributed by atoms with E-state index in [1.807, 2.05) is 0 Å². The first kappa shape index (κ1) is 56.0. The van der Waals surface area contributed by atoms with Crippen LogP contribution in [0.15, 0.2) is 0 Å². The van der Waals surface area contributed by atoms with Crippen molar-refractivity contribution >= 4 is 19.8 Å². The summed E-state index contributed by atoms with van der Waals surface area (Å²) in [5.41, 5.74) is 0. The number of unbranched alkanes of at least 4 members (excludes halogenated alkanes) is 32. The van der Waals surface area contributed by atoms with Gasteiger partial charge in [0.25, 0.3) is 0 Å². The van der Waals surface area contributed by atoms with E-state index in [1.54, 1.807) is 0 Å². The topological polar surface area (TPSA) is 149 Å². The third-order valence-corrected chi connectivity index (χ3v) is 11.8. The second-order valence-corrected chi connectivity index (χ2v) is 17.9. The molecule has 0 aliphatic carbocycles. The van der Waals surface area contributed by atoms with Crippen molar-refractivity contribution in [2.75, 3.05) is 26.4 Å². The lowest BCUT2D eigenvalue weighted by molar-refractivity contribution is -0.153. The number of hydrogen-bond acceptors (Lipinski definition) is 9. The van der Waals surface area contributed by atoms with Crippen LogP contribution in [0.4, 0.5) is 0 Å². The van der Waals surface area contributed by atoms with Crippen molar-refractivity contribution in [1.82, 2.24) is 0 Å². The average Bonchev–Trinajstić information content (AvgIpc) is 3.20. The van der Waals surface area contributed by atoms with E-state index in [2.05, 4.69) is 13.8 Å². The summed E-state index contributed by atoms with van der Waals surface area (Å²) >= 11 is 0. The highest BCUT2D eigenvalue weighted by Gasteiger charge is 2.27. The molecule has 57 heavy (non-hydrogen) atoms. The van der Waals surface area contributed by atoms with Crippen LogP contribution in [-0.4, -0.2) is 65.7 Å². The van der Waals surface area contributed by atoms with Crippen LogP contribution in [0.25, 0.3) is 0 Å². The third kappa shape index (κ3) is 41.5. The highest BCUT2D eigenvalue weighted by atomic mass is 31.2.